The molecule has 2 heterocycles. The number of halogens is 1. The molecule has 3 aromatic rings. The Morgan fingerprint density at radius 1 is 1.17 bits per heavy atom. The van der Waals surface area contributed by atoms with Crippen molar-refractivity contribution in [3.8, 4) is 5.75 Å². The van der Waals surface area contributed by atoms with Gasteiger partial charge in [0.1, 0.15) is 18.0 Å². The predicted molar refractivity (Wildman–Crippen MR) is 112 cm³/mol. The van der Waals surface area contributed by atoms with E-state index in [0.29, 0.717) is 22.0 Å². The van der Waals surface area contributed by atoms with Gasteiger partial charge < -0.3 is 4.74 Å². The van der Waals surface area contributed by atoms with Crippen molar-refractivity contribution in [1.82, 2.24) is 9.97 Å². The molecule has 0 atom stereocenters. The molecule has 0 saturated carbocycles. The summed E-state index contributed by atoms with van der Waals surface area (Å²) in [7, 11) is -3.86. The summed E-state index contributed by atoms with van der Waals surface area (Å²) in [6.45, 7) is 1.97. The van der Waals surface area contributed by atoms with Gasteiger partial charge in [0, 0.05) is 34.2 Å². The third-order valence-electron chi connectivity index (χ3n) is 4.91. The molecule has 1 aliphatic rings. The van der Waals surface area contributed by atoms with E-state index >= 15 is 0 Å². The summed E-state index contributed by atoms with van der Waals surface area (Å²) in [5.41, 5.74) is 3.63. The summed E-state index contributed by atoms with van der Waals surface area (Å²) in [6.07, 6.45) is 7.58. The molecule has 8 heteroatoms. The largest absolute Gasteiger partial charge is 0.486 e. The maximum absolute atomic E-state index is 13.0. The van der Waals surface area contributed by atoms with Gasteiger partial charge in [-0.15, -0.1) is 0 Å². The molecule has 0 spiro atoms. The van der Waals surface area contributed by atoms with Crippen LogP contribution in [0.5, 0.6) is 5.75 Å². The lowest BCUT2D eigenvalue weighted by Gasteiger charge is -2.17. The van der Waals surface area contributed by atoms with E-state index in [1.54, 1.807) is 31.5 Å². The standard InChI is InChI=1S/C21H20ClN3O3S/c1-14-17(22)7-3-9-20(14)29(26,27)25-19-12-24-18-8-2-6-16(18)21(19)28-13-15-5-4-10-23-11-15/h3-5,7,9-12,25H,2,6,8,13H2,1H3. The van der Waals surface area contributed by atoms with Crippen LogP contribution in [-0.4, -0.2) is 18.4 Å². The molecule has 1 aromatic carbocycles. The van der Waals surface area contributed by atoms with Crippen molar-refractivity contribution in [2.24, 2.45) is 0 Å². The Balaban J connectivity index is 1.69. The Kier molecular flexibility index (Phi) is 5.43. The second-order valence-corrected chi connectivity index (χ2v) is 8.96. The lowest BCUT2D eigenvalue weighted by molar-refractivity contribution is 0.304. The molecule has 0 amide bonds. The summed E-state index contributed by atoms with van der Waals surface area (Å²) in [5.74, 6) is 0.527. The zero-order chi connectivity index (χ0) is 20.4. The highest BCUT2D eigenvalue weighted by Gasteiger charge is 2.25. The molecular formula is C21H20ClN3O3S. The smallest absolute Gasteiger partial charge is 0.262 e. The molecular weight excluding hydrogens is 410 g/mol. The number of nitrogens with zero attached hydrogens (tertiary/aromatic N) is 2. The lowest BCUT2D eigenvalue weighted by Crippen LogP contribution is -2.16. The van der Waals surface area contributed by atoms with Crippen LogP contribution in [0.25, 0.3) is 0 Å². The lowest BCUT2D eigenvalue weighted by atomic mass is 10.2. The number of ether oxygens (including phenoxy) is 1. The van der Waals surface area contributed by atoms with Crippen LogP contribution in [0.4, 0.5) is 5.69 Å². The Hall–Kier alpha value is -2.64. The third-order valence-corrected chi connectivity index (χ3v) is 6.83. The molecule has 29 heavy (non-hydrogen) atoms. The zero-order valence-corrected chi connectivity index (χ0v) is 17.4. The van der Waals surface area contributed by atoms with Crippen molar-refractivity contribution >= 4 is 27.3 Å². The highest BCUT2D eigenvalue weighted by atomic mass is 35.5. The maximum atomic E-state index is 13.0. The number of hydrogen-bond donors (Lipinski definition) is 1. The number of aromatic nitrogens is 2. The highest BCUT2D eigenvalue weighted by molar-refractivity contribution is 7.92. The molecule has 2 aromatic heterocycles. The van der Waals surface area contributed by atoms with E-state index in [9.17, 15) is 8.42 Å². The van der Waals surface area contributed by atoms with E-state index in [1.165, 1.54) is 12.3 Å². The molecule has 6 nitrogen and oxygen atoms in total. The van der Waals surface area contributed by atoms with Gasteiger partial charge in [0.15, 0.2) is 0 Å². The molecule has 0 unspecified atom stereocenters. The summed E-state index contributed by atoms with van der Waals surface area (Å²) < 4.78 is 34.8. The van der Waals surface area contributed by atoms with E-state index < -0.39 is 10.0 Å². The Labute approximate surface area is 175 Å². The van der Waals surface area contributed by atoms with Crippen LogP contribution in [0.15, 0.2) is 53.8 Å². The minimum Gasteiger partial charge on any atom is -0.486 e. The first kappa shape index (κ1) is 19.7. The summed E-state index contributed by atoms with van der Waals surface area (Å²) in [4.78, 5) is 8.67. The quantitative estimate of drug-likeness (QED) is 0.631. The van der Waals surface area contributed by atoms with E-state index in [2.05, 4.69) is 14.7 Å². The molecule has 1 aliphatic carbocycles. The minimum absolute atomic E-state index is 0.128. The van der Waals surface area contributed by atoms with Gasteiger partial charge in [-0.05, 0) is 49.9 Å². The first-order valence-electron chi connectivity index (χ1n) is 9.26. The van der Waals surface area contributed by atoms with E-state index in [1.807, 2.05) is 12.1 Å². The van der Waals surface area contributed by atoms with Crippen LogP contribution < -0.4 is 9.46 Å². The first-order valence-corrected chi connectivity index (χ1v) is 11.1. The molecule has 150 valence electrons. The van der Waals surface area contributed by atoms with Crippen molar-refractivity contribution < 1.29 is 13.2 Å². The molecule has 0 radical (unpaired) electrons. The van der Waals surface area contributed by atoms with Gasteiger partial charge in [-0.2, -0.15) is 0 Å². The fourth-order valence-electron chi connectivity index (χ4n) is 3.43. The second-order valence-electron chi connectivity index (χ2n) is 6.90. The van der Waals surface area contributed by atoms with E-state index in [0.717, 1.165) is 36.1 Å². The number of pyridine rings is 2. The van der Waals surface area contributed by atoms with Gasteiger partial charge in [-0.1, -0.05) is 23.7 Å². The maximum Gasteiger partial charge on any atom is 0.262 e. The van der Waals surface area contributed by atoms with Crippen molar-refractivity contribution in [1.29, 1.82) is 0 Å². The number of benzene rings is 1. The molecule has 1 N–H and O–H groups in total. The van der Waals surface area contributed by atoms with Crippen LogP contribution in [0.3, 0.4) is 0 Å². The number of sulfonamides is 1. The van der Waals surface area contributed by atoms with Crippen LogP contribution in [0.2, 0.25) is 5.02 Å². The van der Waals surface area contributed by atoms with Crippen molar-refractivity contribution in [3.63, 3.8) is 0 Å². The van der Waals surface area contributed by atoms with Crippen LogP contribution in [-0.2, 0) is 29.5 Å². The Morgan fingerprint density at radius 3 is 2.83 bits per heavy atom. The monoisotopic (exact) mass is 429 g/mol. The van der Waals surface area contributed by atoms with Crippen LogP contribution in [0, 0.1) is 6.92 Å². The van der Waals surface area contributed by atoms with Gasteiger partial charge in [-0.3, -0.25) is 14.7 Å². The normalized spacial score (nSPS) is 13.2. The van der Waals surface area contributed by atoms with Gasteiger partial charge in [0.05, 0.1) is 11.1 Å². The number of aryl methyl sites for hydroxylation is 1. The second kappa shape index (κ2) is 8.00. The van der Waals surface area contributed by atoms with Gasteiger partial charge in [0.2, 0.25) is 0 Å². The van der Waals surface area contributed by atoms with Crippen LogP contribution in [0.1, 0.15) is 28.8 Å². The topological polar surface area (TPSA) is 81.2 Å². The van der Waals surface area contributed by atoms with Crippen molar-refractivity contribution in [3.05, 3.63) is 76.3 Å². The van der Waals surface area contributed by atoms with Gasteiger partial charge in [0.25, 0.3) is 10.0 Å². The summed E-state index contributed by atoms with van der Waals surface area (Å²) >= 11 is 6.11. The number of hydrogen-bond acceptors (Lipinski definition) is 5. The first-order chi connectivity index (χ1) is 14.0. The molecule has 4 rings (SSSR count). The van der Waals surface area contributed by atoms with Crippen molar-refractivity contribution in [2.45, 2.75) is 37.7 Å². The highest BCUT2D eigenvalue weighted by Crippen LogP contribution is 2.37. The van der Waals surface area contributed by atoms with E-state index in [-0.39, 0.29) is 11.5 Å². The molecule has 0 bridgehead atoms. The molecule has 0 fully saturated rings. The van der Waals surface area contributed by atoms with Crippen molar-refractivity contribution in [2.75, 3.05) is 4.72 Å². The zero-order valence-electron chi connectivity index (χ0n) is 15.9. The minimum atomic E-state index is -3.86. The van der Waals surface area contributed by atoms with Crippen LogP contribution >= 0.6 is 11.6 Å². The average Bonchev–Trinajstić information content (AvgIpc) is 3.18. The molecule has 0 saturated heterocycles. The fourth-order valence-corrected chi connectivity index (χ4v) is 4.98. The average molecular weight is 430 g/mol. The summed E-state index contributed by atoms with van der Waals surface area (Å²) in [6, 6.07) is 8.55. The SMILES string of the molecule is Cc1c(Cl)cccc1S(=O)(=O)Nc1cnc2c(c1OCc1cccnc1)CCC2. The fraction of sp³-hybridized carbons (Fsp3) is 0.238. The number of anilines is 1. The Morgan fingerprint density at radius 2 is 2.03 bits per heavy atom. The third kappa shape index (κ3) is 4.06. The Bertz CT molecular complexity index is 1150. The summed E-state index contributed by atoms with van der Waals surface area (Å²) in [5, 5.41) is 0.396. The van der Waals surface area contributed by atoms with E-state index in [4.69, 9.17) is 16.3 Å². The van der Waals surface area contributed by atoms with Gasteiger partial charge in [-0.25, -0.2) is 8.42 Å². The van der Waals surface area contributed by atoms with Gasteiger partial charge >= 0.3 is 0 Å². The molecule has 0 aliphatic heterocycles. The number of fused-ring (bicyclic) bond motifs is 1. The predicted octanol–water partition coefficient (Wildman–Crippen LogP) is 4.31. The number of rotatable bonds is 6. The number of nitrogens with one attached hydrogen (secondary N) is 1.